The lowest BCUT2D eigenvalue weighted by atomic mass is 10.1. The van der Waals surface area contributed by atoms with Crippen molar-refractivity contribution in [2.45, 2.75) is 12.5 Å². The van der Waals surface area contributed by atoms with Crippen molar-refractivity contribution in [3.8, 4) is 0 Å². The lowest BCUT2D eigenvalue weighted by Crippen LogP contribution is -2.43. The minimum Gasteiger partial charge on any atom is -0.465 e. The number of carbonyl (C=O) groups excluding carboxylic acids is 2. The average Bonchev–Trinajstić information content (AvgIpc) is 2.48. The fourth-order valence-electron chi connectivity index (χ4n) is 1.99. The van der Waals surface area contributed by atoms with E-state index in [1.165, 1.54) is 7.11 Å². The molecule has 1 atom stereocenters. The first-order chi connectivity index (χ1) is 9.69. The maximum Gasteiger partial charge on any atom is 0.337 e. The van der Waals surface area contributed by atoms with Crippen molar-refractivity contribution in [3.05, 3.63) is 29.8 Å². The number of hydrogen-bond donors (Lipinski definition) is 2. The molecule has 1 fully saturated rings. The van der Waals surface area contributed by atoms with Crippen LogP contribution >= 0.6 is 0 Å². The first-order valence-electron chi connectivity index (χ1n) is 6.48. The third-order valence-electron chi connectivity index (χ3n) is 3.02. The third-order valence-corrected chi connectivity index (χ3v) is 3.02. The summed E-state index contributed by atoms with van der Waals surface area (Å²) < 4.78 is 9.90. The van der Waals surface area contributed by atoms with Gasteiger partial charge in [0.25, 0.3) is 0 Å². The van der Waals surface area contributed by atoms with Gasteiger partial charge in [-0.2, -0.15) is 0 Å². The lowest BCUT2D eigenvalue weighted by molar-refractivity contribution is -0.117. The molecule has 6 nitrogen and oxygen atoms in total. The number of benzene rings is 1. The second-order valence-electron chi connectivity index (χ2n) is 4.55. The predicted octanol–water partition coefficient (Wildman–Crippen LogP) is 0.790. The fourth-order valence-corrected chi connectivity index (χ4v) is 1.99. The molecule has 0 bridgehead atoms. The Morgan fingerprint density at radius 2 is 2.15 bits per heavy atom. The van der Waals surface area contributed by atoms with Crippen molar-refractivity contribution >= 4 is 17.6 Å². The molecule has 1 aromatic carbocycles. The summed E-state index contributed by atoms with van der Waals surface area (Å²) in [7, 11) is 1.33. The van der Waals surface area contributed by atoms with Crippen LogP contribution in [0.15, 0.2) is 24.3 Å². The average molecular weight is 278 g/mol. The summed E-state index contributed by atoms with van der Waals surface area (Å²) in [6, 6.07) is 6.63. The largest absolute Gasteiger partial charge is 0.465 e. The minimum absolute atomic E-state index is 0.0538. The normalized spacial score (nSPS) is 18.4. The Labute approximate surface area is 117 Å². The van der Waals surface area contributed by atoms with Gasteiger partial charge in [0.1, 0.15) is 0 Å². The Morgan fingerprint density at radius 3 is 2.75 bits per heavy atom. The summed E-state index contributed by atoms with van der Waals surface area (Å²) in [5.74, 6) is -0.481. The summed E-state index contributed by atoms with van der Waals surface area (Å²) >= 11 is 0. The van der Waals surface area contributed by atoms with Gasteiger partial charge in [0.2, 0.25) is 5.91 Å². The minimum atomic E-state index is -0.397. The molecule has 1 saturated heterocycles. The second-order valence-corrected chi connectivity index (χ2v) is 4.55. The third kappa shape index (κ3) is 4.04. The molecule has 1 heterocycles. The van der Waals surface area contributed by atoms with Crippen LogP contribution in [-0.4, -0.2) is 44.8 Å². The van der Waals surface area contributed by atoms with Crippen molar-refractivity contribution in [3.63, 3.8) is 0 Å². The molecule has 0 aliphatic carbocycles. The number of carbonyl (C=O) groups is 2. The van der Waals surface area contributed by atoms with E-state index in [9.17, 15) is 9.59 Å². The molecule has 2 rings (SSSR count). The molecule has 20 heavy (non-hydrogen) atoms. The standard InChI is InChI=1S/C14H18N2O4/c1-19-14(18)10-2-4-11(5-3-10)16-13(17)8-12-9-20-7-6-15-12/h2-5,12,15H,6-9H2,1H3,(H,16,17). The number of anilines is 1. The number of esters is 1. The maximum atomic E-state index is 11.9. The Balaban J connectivity index is 1.85. The number of methoxy groups -OCH3 is 1. The number of ether oxygens (including phenoxy) is 2. The molecule has 0 aromatic heterocycles. The van der Waals surface area contributed by atoms with E-state index in [0.29, 0.717) is 30.9 Å². The quantitative estimate of drug-likeness (QED) is 0.796. The van der Waals surface area contributed by atoms with Crippen LogP contribution in [0.1, 0.15) is 16.8 Å². The summed E-state index contributed by atoms with van der Waals surface area (Å²) in [5, 5.41) is 6.01. The molecule has 1 aromatic rings. The number of rotatable bonds is 4. The van der Waals surface area contributed by atoms with Crippen molar-refractivity contribution in [2.24, 2.45) is 0 Å². The zero-order valence-electron chi connectivity index (χ0n) is 11.3. The van der Waals surface area contributed by atoms with Crippen LogP contribution in [0.4, 0.5) is 5.69 Å². The molecule has 1 unspecified atom stereocenters. The van der Waals surface area contributed by atoms with Gasteiger partial charge in [-0.05, 0) is 24.3 Å². The van der Waals surface area contributed by atoms with Crippen molar-refractivity contribution < 1.29 is 19.1 Å². The van der Waals surface area contributed by atoms with E-state index >= 15 is 0 Å². The van der Waals surface area contributed by atoms with Crippen LogP contribution < -0.4 is 10.6 Å². The van der Waals surface area contributed by atoms with Gasteiger partial charge in [0.15, 0.2) is 0 Å². The summed E-state index contributed by atoms with van der Waals surface area (Å²) in [5.41, 5.74) is 1.10. The molecule has 6 heteroatoms. The van der Waals surface area contributed by atoms with E-state index < -0.39 is 5.97 Å². The molecule has 0 saturated carbocycles. The van der Waals surface area contributed by atoms with Gasteiger partial charge in [0.05, 0.1) is 25.9 Å². The molecular formula is C14H18N2O4. The van der Waals surface area contributed by atoms with E-state index in [1.54, 1.807) is 24.3 Å². The Bertz CT molecular complexity index is 467. The lowest BCUT2D eigenvalue weighted by Gasteiger charge is -2.23. The summed E-state index contributed by atoms with van der Waals surface area (Å²) in [6.07, 6.45) is 0.360. The van der Waals surface area contributed by atoms with Gasteiger partial charge >= 0.3 is 5.97 Å². The summed E-state index contributed by atoms with van der Waals surface area (Å²) in [4.78, 5) is 23.1. The van der Waals surface area contributed by atoms with Crippen molar-refractivity contribution in [1.82, 2.24) is 5.32 Å². The van der Waals surface area contributed by atoms with Crippen LogP contribution in [0.2, 0.25) is 0 Å². The SMILES string of the molecule is COC(=O)c1ccc(NC(=O)CC2COCCN2)cc1. The van der Waals surface area contributed by atoms with Crippen molar-refractivity contribution in [2.75, 3.05) is 32.2 Å². The highest BCUT2D eigenvalue weighted by molar-refractivity contribution is 5.93. The van der Waals surface area contributed by atoms with Crippen LogP contribution in [0.5, 0.6) is 0 Å². The molecule has 1 amide bonds. The number of amides is 1. The number of hydrogen-bond acceptors (Lipinski definition) is 5. The zero-order chi connectivity index (χ0) is 14.4. The molecule has 0 radical (unpaired) electrons. The van der Waals surface area contributed by atoms with Crippen LogP contribution in [0, 0.1) is 0 Å². The van der Waals surface area contributed by atoms with E-state index in [2.05, 4.69) is 15.4 Å². The first kappa shape index (κ1) is 14.5. The zero-order valence-corrected chi connectivity index (χ0v) is 11.3. The molecule has 0 spiro atoms. The highest BCUT2D eigenvalue weighted by Gasteiger charge is 2.16. The smallest absolute Gasteiger partial charge is 0.337 e. The highest BCUT2D eigenvalue weighted by atomic mass is 16.5. The Hall–Kier alpha value is -1.92. The molecule has 1 aliphatic heterocycles. The fraction of sp³-hybridized carbons (Fsp3) is 0.429. The van der Waals surface area contributed by atoms with Gasteiger partial charge in [0, 0.05) is 24.7 Å². The maximum absolute atomic E-state index is 11.9. The summed E-state index contributed by atoms with van der Waals surface area (Å²) in [6.45, 7) is 2.01. The van der Waals surface area contributed by atoms with E-state index in [0.717, 1.165) is 6.54 Å². The molecular weight excluding hydrogens is 260 g/mol. The van der Waals surface area contributed by atoms with Crippen LogP contribution in [-0.2, 0) is 14.3 Å². The van der Waals surface area contributed by atoms with Crippen molar-refractivity contribution in [1.29, 1.82) is 0 Å². The van der Waals surface area contributed by atoms with E-state index in [-0.39, 0.29) is 11.9 Å². The van der Waals surface area contributed by atoms with E-state index in [4.69, 9.17) is 4.74 Å². The molecule has 2 N–H and O–H groups in total. The monoisotopic (exact) mass is 278 g/mol. The number of nitrogens with one attached hydrogen (secondary N) is 2. The van der Waals surface area contributed by atoms with Gasteiger partial charge in [-0.25, -0.2) is 4.79 Å². The molecule has 1 aliphatic rings. The van der Waals surface area contributed by atoms with Crippen LogP contribution in [0.25, 0.3) is 0 Å². The van der Waals surface area contributed by atoms with Gasteiger partial charge in [-0.3, -0.25) is 4.79 Å². The first-order valence-corrected chi connectivity index (χ1v) is 6.48. The second kappa shape index (κ2) is 7.02. The van der Waals surface area contributed by atoms with Gasteiger partial charge in [-0.1, -0.05) is 0 Å². The number of morpholine rings is 1. The Kier molecular flexibility index (Phi) is 5.09. The topological polar surface area (TPSA) is 76.7 Å². The van der Waals surface area contributed by atoms with E-state index in [1.807, 2.05) is 0 Å². The molecule has 108 valence electrons. The predicted molar refractivity (Wildman–Crippen MR) is 73.6 cm³/mol. The van der Waals surface area contributed by atoms with Gasteiger partial charge in [-0.15, -0.1) is 0 Å². The van der Waals surface area contributed by atoms with Crippen LogP contribution in [0.3, 0.4) is 0 Å². The van der Waals surface area contributed by atoms with Gasteiger partial charge < -0.3 is 20.1 Å². The highest BCUT2D eigenvalue weighted by Crippen LogP contribution is 2.11. The Morgan fingerprint density at radius 1 is 1.40 bits per heavy atom.